The van der Waals surface area contributed by atoms with Crippen LogP contribution in [0.5, 0.6) is 17.2 Å². The SMILES string of the molecule is CCCCCCCc1cc(O)c(C)c(C)c1O.CCCCCOC(=O)c1ccccc1C1=C2C=C(C)C([NH2+]CC)=CC2Oc2cc(NCC)c(C)cc21. The number of hydrogen-bond donors (Lipinski definition) is 4. The molecule has 1 atom stereocenters. The van der Waals surface area contributed by atoms with Crippen LogP contribution in [0.4, 0.5) is 5.69 Å². The molecule has 0 bridgehead atoms. The Kier molecular flexibility index (Phi) is 15.6. The van der Waals surface area contributed by atoms with E-state index < -0.39 is 0 Å². The Morgan fingerprint density at radius 1 is 0.868 bits per heavy atom. The predicted molar refractivity (Wildman–Crippen MR) is 218 cm³/mol. The minimum absolute atomic E-state index is 0.222. The summed E-state index contributed by atoms with van der Waals surface area (Å²) in [7, 11) is 0. The largest absolute Gasteiger partial charge is 0.508 e. The first-order valence-corrected chi connectivity index (χ1v) is 19.9. The second kappa shape index (κ2) is 20.1. The number of hydrogen-bond acceptors (Lipinski definition) is 6. The second-order valence-corrected chi connectivity index (χ2v) is 14.3. The van der Waals surface area contributed by atoms with Crippen LogP contribution in [0.2, 0.25) is 0 Å². The van der Waals surface area contributed by atoms with Crippen LogP contribution < -0.4 is 15.4 Å². The molecule has 1 unspecified atom stereocenters. The molecular weight excluding hydrogens is 661 g/mol. The number of phenols is 2. The third kappa shape index (κ3) is 10.3. The van der Waals surface area contributed by atoms with Crippen LogP contribution in [0.3, 0.4) is 0 Å². The Bertz CT molecular complexity index is 1820. The van der Waals surface area contributed by atoms with E-state index in [1.165, 1.54) is 37.0 Å². The van der Waals surface area contributed by atoms with Crippen molar-refractivity contribution >= 4 is 17.2 Å². The maximum Gasteiger partial charge on any atom is 0.338 e. The number of anilines is 1. The van der Waals surface area contributed by atoms with Crippen LogP contribution in [0.25, 0.3) is 5.57 Å². The van der Waals surface area contributed by atoms with E-state index in [2.05, 4.69) is 76.5 Å². The number of likely N-dealkylation sites (N-methyl/N-ethyl adjacent to an activating group) is 1. The standard InChI is InChI=1S/C31H38N2O3.C15H24O2/c1-6-9-12-15-35-31(34)23-14-11-10-13-22(23)30-24-16-20(4)26(32-7-2)18-28(24)36-29-19-27(33-8-3)21(5)17-25(29)30;1-4-5-6-7-8-9-13-10-14(16)11(2)12(3)15(13)17/h10-11,13-14,16-19,28,32-33H,6-9,12,15H2,1-5H3;10,16-17H,4-9H2,1-3H3/p+1. The van der Waals surface area contributed by atoms with E-state index in [4.69, 9.17) is 9.47 Å². The summed E-state index contributed by atoms with van der Waals surface area (Å²) in [6.07, 6.45) is 14.1. The maximum atomic E-state index is 13.2. The van der Waals surface area contributed by atoms with Gasteiger partial charge in [-0.1, -0.05) is 70.6 Å². The number of esters is 1. The zero-order valence-electron chi connectivity index (χ0n) is 33.5. The number of aryl methyl sites for hydroxylation is 2. The first-order valence-electron chi connectivity index (χ1n) is 19.9. The molecule has 3 aromatic carbocycles. The van der Waals surface area contributed by atoms with Crippen molar-refractivity contribution in [3.63, 3.8) is 0 Å². The molecular formula is C46H63N2O5+. The van der Waals surface area contributed by atoms with Gasteiger partial charge in [0.05, 0.1) is 18.7 Å². The number of benzene rings is 3. The van der Waals surface area contributed by atoms with Crippen molar-refractivity contribution in [1.82, 2.24) is 0 Å². The van der Waals surface area contributed by atoms with Gasteiger partial charge in [-0.3, -0.25) is 0 Å². The molecule has 0 aromatic heterocycles. The number of allylic oxidation sites excluding steroid dienone is 1. The molecule has 0 saturated heterocycles. The molecule has 286 valence electrons. The highest BCUT2D eigenvalue weighted by Crippen LogP contribution is 2.45. The van der Waals surface area contributed by atoms with E-state index in [-0.39, 0.29) is 12.1 Å². The van der Waals surface area contributed by atoms with Crippen LogP contribution in [0, 0.1) is 20.8 Å². The molecule has 0 spiro atoms. The van der Waals surface area contributed by atoms with Crippen LogP contribution in [-0.2, 0) is 11.2 Å². The first-order chi connectivity index (χ1) is 25.6. The summed E-state index contributed by atoms with van der Waals surface area (Å²) in [6.45, 7) is 18.8. The Balaban J connectivity index is 0.000000310. The van der Waals surface area contributed by atoms with E-state index in [0.717, 1.165) is 101 Å². The normalized spacial score (nSPS) is 14.6. The molecule has 2 aliphatic rings. The van der Waals surface area contributed by atoms with Crippen molar-refractivity contribution in [3.8, 4) is 17.2 Å². The van der Waals surface area contributed by atoms with Gasteiger partial charge in [-0.2, -0.15) is 0 Å². The number of rotatable bonds is 16. The average Bonchev–Trinajstić information content (AvgIpc) is 3.15. The van der Waals surface area contributed by atoms with Gasteiger partial charge in [0.2, 0.25) is 0 Å². The van der Waals surface area contributed by atoms with Crippen molar-refractivity contribution in [3.05, 3.63) is 110 Å². The third-order valence-corrected chi connectivity index (χ3v) is 10.3. The number of fused-ring (bicyclic) bond motifs is 2. The lowest BCUT2D eigenvalue weighted by Gasteiger charge is -2.32. The maximum absolute atomic E-state index is 13.2. The van der Waals surface area contributed by atoms with Gasteiger partial charge in [-0.25, -0.2) is 4.79 Å². The van der Waals surface area contributed by atoms with Crippen LogP contribution in [0.1, 0.15) is 130 Å². The monoisotopic (exact) mass is 723 g/mol. The Hall–Kier alpha value is -4.49. The molecule has 1 aliphatic carbocycles. The number of phenolic OH excluding ortho intramolecular Hbond substituents is 2. The minimum atomic E-state index is -0.271. The fourth-order valence-electron chi connectivity index (χ4n) is 7.03. The summed E-state index contributed by atoms with van der Waals surface area (Å²) < 4.78 is 12.3. The molecule has 1 heterocycles. The third-order valence-electron chi connectivity index (χ3n) is 10.3. The lowest BCUT2D eigenvalue weighted by atomic mass is 9.82. The highest BCUT2D eigenvalue weighted by Gasteiger charge is 2.33. The van der Waals surface area contributed by atoms with Gasteiger partial charge >= 0.3 is 5.97 Å². The van der Waals surface area contributed by atoms with E-state index in [9.17, 15) is 15.0 Å². The summed E-state index contributed by atoms with van der Waals surface area (Å²) in [5.74, 6) is 1.21. The smallest absolute Gasteiger partial charge is 0.338 e. The second-order valence-electron chi connectivity index (χ2n) is 14.3. The lowest BCUT2D eigenvalue weighted by molar-refractivity contribution is -0.600. The number of carbonyl (C=O) groups excluding carboxylic acids is 1. The molecule has 0 fully saturated rings. The molecule has 1 aliphatic heterocycles. The topological polar surface area (TPSA) is 105 Å². The van der Waals surface area contributed by atoms with Crippen molar-refractivity contribution in [2.45, 2.75) is 119 Å². The predicted octanol–water partition coefficient (Wildman–Crippen LogP) is 9.99. The summed E-state index contributed by atoms with van der Waals surface area (Å²) >= 11 is 0. The number of unbranched alkanes of at least 4 members (excludes halogenated alkanes) is 6. The molecule has 0 amide bonds. The molecule has 53 heavy (non-hydrogen) atoms. The molecule has 0 radical (unpaired) electrons. The highest BCUT2D eigenvalue weighted by molar-refractivity contribution is 6.01. The molecule has 5 rings (SSSR count). The summed E-state index contributed by atoms with van der Waals surface area (Å²) in [6, 6.07) is 13.8. The van der Waals surface area contributed by atoms with Crippen molar-refractivity contribution in [2.24, 2.45) is 0 Å². The molecule has 7 heteroatoms. The number of nitrogens with one attached hydrogen (secondary N) is 1. The summed E-state index contributed by atoms with van der Waals surface area (Å²) in [5, 5.41) is 25.4. The fourth-order valence-corrected chi connectivity index (χ4v) is 7.03. The fraction of sp³-hybridized carbons (Fsp3) is 0.457. The van der Waals surface area contributed by atoms with Crippen molar-refractivity contribution in [2.75, 3.05) is 25.0 Å². The van der Waals surface area contributed by atoms with Gasteiger partial charge < -0.3 is 30.3 Å². The van der Waals surface area contributed by atoms with Gasteiger partial charge in [0, 0.05) is 46.7 Å². The zero-order chi connectivity index (χ0) is 38.5. The quantitative estimate of drug-likeness (QED) is 0.0667. The van der Waals surface area contributed by atoms with E-state index in [1.54, 1.807) is 6.07 Å². The minimum Gasteiger partial charge on any atom is -0.508 e. The van der Waals surface area contributed by atoms with Crippen LogP contribution >= 0.6 is 0 Å². The van der Waals surface area contributed by atoms with E-state index in [0.29, 0.717) is 23.7 Å². The zero-order valence-corrected chi connectivity index (χ0v) is 33.5. The van der Waals surface area contributed by atoms with Gasteiger partial charge in [-0.05, 0) is 113 Å². The molecule has 3 aromatic rings. The number of carbonyl (C=O) groups is 1. The Morgan fingerprint density at radius 2 is 1.58 bits per heavy atom. The van der Waals surface area contributed by atoms with Crippen molar-refractivity contribution < 1.29 is 29.8 Å². The molecule has 5 N–H and O–H groups in total. The molecule has 7 nitrogen and oxygen atoms in total. The van der Waals surface area contributed by atoms with Gasteiger partial charge in [-0.15, -0.1) is 0 Å². The van der Waals surface area contributed by atoms with E-state index in [1.807, 2.05) is 38.1 Å². The van der Waals surface area contributed by atoms with Crippen LogP contribution in [-0.4, -0.2) is 42.0 Å². The Labute approximate surface area is 318 Å². The highest BCUT2D eigenvalue weighted by atomic mass is 16.5. The first kappa shape index (κ1) is 41.3. The number of aromatic hydroxyl groups is 2. The number of ether oxygens (including phenoxy) is 2. The van der Waals surface area contributed by atoms with Gasteiger partial charge in [0.1, 0.15) is 29.0 Å². The number of nitrogens with two attached hydrogens (primary N) is 1. The number of quaternary nitrogens is 1. The summed E-state index contributed by atoms with van der Waals surface area (Å²) in [5.41, 5.74) is 11.7. The van der Waals surface area contributed by atoms with Crippen LogP contribution in [0.15, 0.2) is 71.5 Å². The average molecular weight is 724 g/mol. The Morgan fingerprint density at radius 3 is 2.30 bits per heavy atom. The van der Waals surface area contributed by atoms with Gasteiger partial charge in [0.15, 0.2) is 0 Å². The summed E-state index contributed by atoms with van der Waals surface area (Å²) in [4.78, 5) is 13.2. The van der Waals surface area contributed by atoms with Crippen molar-refractivity contribution in [1.29, 1.82) is 0 Å². The lowest BCUT2D eigenvalue weighted by Crippen LogP contribution is -2.82. The molecule has 0 saturated carbocycles. The van der Waals surface area contributed by atoms with E-state index >= 15 is 0 Å². The van der Waals surface area contributed by atoms with Gasteiger partial charge in [0.25, 0.3) is 0 Å².